The highest BCUT2D eigenvalue weighted by Gasteiger charge is 2.17. The van der Waals surface area contributed by atoms with E-state index in [1.54, 1.807) is 24.4 Å². The number of anilines is 1. The summed E-state index contributed by atoms with van der Waals surface area (Å²) in [6, 6.07) is 9.51. The number of nitrogens with zero attached hydrogens (tertiary/aromatic N) is 3. The molecule has 2 heterocycles. The van der Waals surface area contributed by atoms with E-state index in [1.165, 1.54) is 12.1 Å². The number of rotatable bonds is 4. The molecule has 0 saturated carbocycles. The molecule has 1 N–H and O–H groups in total. The minimum Gasteiger partial charge on any atom is -0.354 e. The van der Waals surface area contributed by atoms with Gasteiger partial charge in [-0.2, -0.15) is 0 Å². The monoisotopic (exact) mass is 342 g/mol. The summed E-state index contributed by atoms with van der Waals surface area (Å²) in [6.45, 7) is 5.66. The van der Waals surface area contributed by atoms with E-state index in [4.69, 9.17) is 0 Å². The van der Waals surface area contributed by atoms with Crippen molar-refractivity contribution in [3.63, 3.8) is 0 Å². The summed E-state index contributed by atoms with van der Waals surface area (Å²) >= 11 is 0. The molecule has 0 spiro atoms. The van der Waals surface area contributed by atoms with Crippen molar-refractivity contribution in [1.29, 1.82) is 0 Å². The summed E-state index contributed by atoms with van der Waals surface area (Å²) in [5.74, 6) is 0.387. The van der Waals surface area contributed by atoms with Gasteiger partial charge in [-0.15, -0.1) is 0 Å². The van der Waals surface area contributed by atoms with Gasteiger partial charge in [0.25, 0.3) is 5.91 Å². The van der Waals surface area contributed by atoms with Crippen molar-refractivity contribution in [2.24, 2.45) is 0 Å². The van der Waals surface area contributed by atoms with Crippen molar-refractivity contribution in [3.8, 4) is 0 Å². The van der Waals surface area contributed by atoms with Crippen LogP contribution in [0.2, 0.25) is 0 Å². The second kappa shape index (κ2) is 7.61. The molecule has 1 unspecified atom stereocenters. The topological polar surface area (TPSA) is 48.5 Å². The number of piperazine rings is 1. The van der Waals surface area contributed by atoms with Crippen LogP contribution in [0.3, 0.4) is 0 Å². The number of carbonyl (C=O) groups is 1. The van der Waals surface area contributed by atoms with Crippen LogP contribution < -0.4 is 10.2 Å². The van der Waals surface area contributed by atoms with E-state index < -0.39 is 0 Å². The summed E-state index contributed by atoms with van der Waals surface area (Å²) in [4.78, 5) is 21.4. The average molecular weight is 342 g/mol. The normalized spacial score (nSPS) is 16.5. The fraction of sp³-hybridized carbons (Fsp3) is 0.368. The zero-order chi connectivity index (χ0) is 17.8. The molecule has 0 radical (unpaired) electrons. The number of amides is 1. The zero-order valence-corrected chi connectivity index (χ0v) is 14.6. The van der Waals surface area contributed by atoms with Crippen LogP contribution in [0.15, 0.2) is 42.6 Å². The first-order valence-electron chi connectivity index (χ1n) is 8.49. The maximum atomic E-state index is 13.0. The molecule has 1 atom stereocenters. The molecule has 1 aliphatic heterocycles. The molecule has 2 aromatic rings. The molecule has 5 nitrogen and oxygen atoms in total. The number of nitrogens with one attached hydrogen (secondary N) is 1. The molecule has 0 aliphatic carbocycles. The highest BCUT2D eigenvalue weighted by Crippen LogP contribution is 2.17. The van der Waals surface area contributed by atoms with Crippen LogP contribution in [0.4, 0.5) is 10.2 Å². The summed E-state index contributed by atoms with van der Waals surface area (Å²) in [6.07, 6.45) is 1.67. The van der Waals surface area contributed by atoms with E-state index in [0.717, 1.165) is 37.6 Å². The van der Waals surface area contributed by atoms with Crippen LogP contribution >= 0.6 is 0 Å². The van der Waals surface area contributed by atoms with Gasteiger partial charge < -0.3 is 15.1 Å². The lowest BCUT2D eigenvalue weighted by molar-refractivity contribution is 0.0940. The molecule has 1 aliphatic rings. The summed E-state index contributed by atoms with van der Waals surface area (Å²) < 4.78 is 13.0. The molecule has 1 aromatic heterocycles. The predicted octanol–water partition coefficient (Wildman–Crippen LogP) is 2.46. The Morgan fingerprint density at radius 2 is 1.84 bits per heavy atom. The lowest BCUT2D eigenvalue weighted by Crippen LogP contribution is -2.44. The smallest absolute Gasteiger partial charge is 0.251 e. The minimum absolute atomic E-state index is 0.158. The van der Waals surface area contributed by atoms with Crippen molar-refractivity contribution >= 4 is 11.7 Å². The third kappa shape index (κ3) is 4.33. The van der Waals surface area contributed by atoms with Crippen LogP contribution in [-0.2, 0) is 0 Å². The van der Waals surface area contributed by atoms with E-state index in [-0.39, 0.29) is 17.8 Å². The molecule has 25 heavy (non-hydrogen) atoms. The Balaban J connectivity index is 1.67. The van der Waals surface area contributed by atoms with E-state index in [1.807, 2.05) is 13.0 Å². The predicted molar refractivity (Wildman–Crippen MR) is 96.2 cm³/mol. The lowest BCUT2D eigenvalue weighted by atomic mass is 10.1. The van der Waals surface area contributed by atoms with E-state index in [0.29, 0.717) is 5.56 Å². The third-order valence-electron chi connectivity index (χ3n) is 4.55. The van der Waals surface area contributed by atoms with E-state index in [2.05, 4.69) is 27.1 Å². The first-order valence-corrected chi connectivity index (χ1v) is 8.49. The van der Waals surface area contributed by atoms with Gasteiger partial charge in [0.1, 0.15) is 11.6 Å². The number of halogens is 1. The lowest BCUT2D eigenvalue weighted by Gasteiger charge is -2.33. The Kier molecular flexibility index (Phi) is 5.28. The Bertz CT molecular complexity index is 726. The quantitative estimate of drug-likeness (QED) is 0.927. The van der Waals surface area contributed by atoms with Crippen LogP contribution in [0.5, 0.6) is 0 Å². The molecular formula is C19H23FN4O. The van der Waals surface area contributed by atoms with Gasteiger partial charge >= 0.3 is 0 Å². The molecule has 3 rings (SSSR count). The van der Waals surface area contributed by atoms with Gasteiger partial charge in [-0.3, -0.25) is 4.79 Å². The van der Waals surface area contributed by atoms with Gasteiger partial charge in [0.2, 0.25) is 0 Å². The summed E-state index contributed by atoms with van der Waals surface area (Å²) in [5.41, 5.74) is 1.45. The van der Waals surface area contributed by atoms with E-state index in [9.17, 15) is 9.18 Å². The fourth-order valence-corrected chi connectivity index (χ4v) is 2.88. The van der Waals surface area contributed by atoms with Crippen LogP contribution in [0.25, 0.3) is 0 Å². The molecule has 132 valence electrons. The third-order valence-corrected chi connectivity index (χ3v) is 4.55. The van der Waals surface area contributed by atoms with Gasteiger partial charge in [0, 0.05) is 37.9 Å². The van der Waals surface area contributed by atoms with Crippen molar-refractivity contribution < 1.29 is 9.18 Å². The molecule has 1 fully saturated rings. The number of aromatic nitrogens is 1. The Hall–Kier alpha value is -2.47. The Morgan fingerprint density at radius 1 is 1.16 bits per heavy atom. The SMILES string of the molecule is CC(NC(=O)c1ccnc(N2CCN(C)CC2)c1)c1ccc(F)cc1. The first kappa shape index (κ1) is 17.4. The second-order valence-corrected chi connectivity index (χ2v) is 6.44. The number of benzene rings is 1. The maximum Gasteiger partial charge on any atom is 0.251 e. The van der Waals surface area contributed by atoms with Gasteiger partial charge in [0.15, 0.2) is 0 Å². The molecule has 6 heteroatoms. The van der Waals surface area contributed by atoms with Crippen LogP contribution in [-0.4, -0.2) is 49.0 Å². The van der Waals surface area contributed by atoms with Crippen molar-refractivity contribution in [3.05, 3.63) is 59.5 Å². The highest BCUT2D eigenvalue weighted by molar-refractivity contribution is 5.95. The van der Waals surface area contributed by atoms with Gasteiger partial charge in [-0.05, 0) is 43.8 Å². The fourth-order valence-electron chi connectivity index (χ4n) is 2.88. The number of likely N-dealkylation sites (N-methyl/N-ethyl adjacent to an activating group) is 1. The molecular weight excluding hydrogens is 319 g/mol. The molecule has 1 aromatic carbocycles. The Morgan fingerprint density at radius 3 is 2.52 bits per heavy atom. The highest BCUT2D eigenvalue weighted by atomic mass is 19.1. The van der Waals surface area contributed by atoms with Gasteiger partial charge in [-0.1, -0.05) is 12.1 Å². The summed E-state index contributed by atoms with van der Waals surface area (Å²) in [7, 11) is 2.10. The van der Waals surface area contributed by atoms with Gasteiger partial charge in [0.05, 0.1) is 6.04 Å². The zero-order valence-electron chi connectivity index (χ0n) is 14.6. The Labute approximate surface area is 147 Å². The van der Waals surface area contributed by atoms with Crippen molar-refractivity contribution in [1.82, 2.24) is 15.2 Å². The van der Waals surface area contributed by atoms with Crippen LogP contribution in [0, 0.1) is 5.82 Å². The molecule has 1 amide bonds. The van der Waals surface area contributed by atoms with Crippen molar-refractivity contribution in [2.75, 3.05) is 38.1 Å². The second-order valence-electron chi connectivity index (χ2n) is 6.44. The van der Waals surface area contributed by atoms with E-state index >= 15 is 0 Å². The van der Waals surface area contributed by atoms with Crippen LogP contribution in [0.1, 0.15) is 28.9 Å². The standard InChI is InChI=1S/C19H23FN4O/c1-14(15-3-5-17(20)6-4-15)22-19(25)16-7-8-21-18(13-16)24-11-9-23(2)10-12-24/h3-8,13-14H,9-12H2,1-2H3,(H,22,25). The molecule has 0 bridgehead atoms. The maximum absolute atomic E-state index is 13.0. The minimum atomic E-state index is -0.284. The van der Waals surface area contributed by atoms with Gasteiger partial charge in [-0.25, -0.2) is 9.37 Å². The number of carbonyl (C=O) groups excluding carboxylic acids is 1. The number of pyridine rings is 1. The number of hydrogen-bond donors (Lipinski definition) is 1. The average Bonchev–Trinajstić information content (AvgIpc) is 2.63. The first-order chi connectivity index (χ1) is 12.0. The summed E-state index contributed by atoms with van der Waals surface area (Å²) in [5, 5.41) is 2.95. The van der Waals surface area contributed by atoms with Crippen molar-refractivity contribution in [2.45, 2.75) is 13.0 Å². The molecule has 1 saturated heterocycles. The number of hydrogen-bond acceptors (Lipinski definition) is 4. The largest absolute Gasteiger partial charge is 0.354 e.